The van der Waals surface area contributed by atoms with Crippen LogP contribution >= 0.6 is 0 Å². The molecule has 0 atom stereocenters. The first-order chi connectivity index (χ1) is 10.00. The number of benzene rings is 2. The van der Waals surface area contributed by atoms with Crippen LogP contribution < -0.4 is 11.5 Å². The van der Waals surface area contributed by atoms with Gasteiger partial charge in [0.15, 0.2) is 0 Å². The van der Waals surface area contributed by atoms with Crippen LogP contribution in [0.5, 0.6) is 0 Å². The van der Waals surface area contributed by atoms with Crippen LogP contribution in [-0.2, 0) is 20.2 Å². The minimum absolute atomic E-state index is 0.131. The zero-order valence-electron chi connectivity index (χ0n) is 11.0. The van der Waals surface area contributed by atoms with Gasteiger partial charge in [0.2, 0.25) is 0 Å². The summed E-state index contributed by atoms with van der Waals surface area (Å²) in [6, 6.07) is 6.82. The molecule has 0 bridgehead atoms. The van der Waals surface area contributed by atoms with E-state index in [4.69, 9.17) is 11.5 Å². The summed E-state index contributed by atoms with van der Waals surface area (Å²) in [6.45, 7) is 0. The van der Waals surface area contributed by atoms with E-state index in [9.17, 15) is 25.9 Å². The second kappa shape index (κ2) is 5.25. The Bertz CT molecular complexity index is 872. The Hall–Kier alpha value is -2.14. The van der Waals surface area contributed by atoms with Gasteiger partial charge in [0.25, 0.3) is 20.2 Å². The van der Waals surface area contributed by atoms with Crippen LogP contribution in [0.2, 0.25) is 0 Å². The van der Waals surface area contributed by atoms with Gasteiger partial charge in [-0.3, -0.25) is 9.11 Å². The Morgan fingerprint density at radius 3 is 1.27 bits per heavy atom. The first-order valence-corrected chi connectivity index (χ1v) is 8.62. The quantitative estimate of drug-likeness (QED) is 0.474. The summed E-state index contributed by atoms with van der Waals surface area (Å²) >= 11 is 0. The second-order valence-corrected chi connectivity index (χ2v) is 7.24. The number of anilines is 2. The van der Waals surface area contributed by atoms with Crippen molar-refractivity contribution in [2.45, 2.75) is 9.79 Å². The number of rotatable bonds is 3. The monoisotopic (exact) mass is 344 g/mol. The highest BCUT2D eigenvalue weighted by atomic mass is 32.2. The van der Waals surface area contributed by atoms with Crippen molar-refractivity contribution in [1.82, 2.24) is 0 Å². The largest absolute Gasteiger partial charge is 0.399 e. The smallest absolute Gasteiger partial charge is 0.295 e. The van der Waals surface area contributed by atoms with E-state index in [0.29, 0.717) is 0 Å². The van der Waals surface area contributed by atoms with Gasteiger partial charge in [0, 0.05) is 22.5 Å². The number of hydrogen-bond acceptors (Lipinski definition) is 6. The lowest BCUT2D eigenvalue weighted by Crippen LogP contribution is -2.06. The fourth-order valence-electron chi connectivity index (χ4n) is 1.97. The van der Waals surface area contributed by atoms with Crippen LogP contribution in [-0.4, -0.2) is 25.9 Å². The minimum Gasteiger partial charge on any atom is -0.399 e. The summed E-state index contributed by atoms with van der Waals surface area (Å²) in [5.74, 6) is 0. The highest BCUT2D eigenvalue weighted by Crippen LogP contribution is 2.35. The third-order valence-electron chi connectivity index (χ3n) is 2.85. The van der Waals surface area contributed by atoms with Crippen LogP contribution in [0.15, 0.2) is 46.2 Å². The zero-order valence-corrected chi connectivity index (χ0v) is 12.6. The molecule has 0 saturated carbocycles. The first-order valence-electron chi connectivity index (χ1n) is 5.74. The van der Waals surface area contributed by atoms with E-state index in [0.717, 1.165) is 24.3 Å². The first kappa shape index (κ1) is 16.2. The van der Waals surface area contributed by atoms with Gasteiger partial charge in [0.1, 0.15) is 9.79 Å². The number of hydrogen-bond donors (Lipinski definition) is 4. The van der Waals surface area contributed by atoms with Crippen molar-refractivity contribution >= 4 is 31.6 Å². The van der Waals surface area contributed by atoms with Gasteiger partial charge in [0.05, 0.1) is 0 Å². The van der Waals surface area contributed by atoms with Gasteiger partial charge in [-0.05, 0) is 36.4 Å². The molecule has 10 heteroatoms. The van der Waals surface area contributed by atoms with Gasteiger partial charge in [-0.1, -0.05) is 0 Å². The van der Waals surface area contributed by atoms with Crippen LogP contribution in [0.25, 0.3) is 11.1 Å². The van der Waals surface area contributed by atoms with Crippen molar-refractivity contribution in [3.05, 3.63) is 36.4 Å². The molecule has 8 nitrogen and oxygen atoms in total. The molecule has 2 rings (SSSR count). The van der Waals surface area contributed by atoms with Crippen LogP contribution in [0.3, 0.4) is 0 Å². The Labute approximate surface area is 126 Å². The molecule has 22 heavy (non-hydrogen) atoms. The third-order valence-corrected chi connectivity index (χ3v) is 4.68. The van der Waals surface area contributed by atoms with E-state index in [1.165, 1.54) is 12.1 Å². The molecule has 0 aliphatic rings. The summed E-state index contributed by atoms with van der Waals surface area (Å²) in [4.78, 5) is -1.12. The average Bonchev–Trinajstić information content (AvgIpc) is 2.35. The van der Waals surface area contributed by atoms with E-state index in [1.807, 2.05) is 0 Å². The molecule has 6 N–H and O–H groups in total. The van der Waals surface area contributed by atoms with E-state index >= 15 is 0 Å². The summed E-state index contributed by atoms with van der Waals surface area (Å²) in [6.07, 6.45) is 0. The van der Waals surface area contributed by atoms with E-state index in [1.54, 1.807) is 0 Å². The lowest BCUT2D eigenvalue weighted by Gasteiger charge is -2.12. The molecule has 0 amide bonds. The summed E-state index contributed by atoms with van der Waals surface area (Å²) in [7, 11) is -9.29. The second-order valence-electron chi connectivity index (χ2n) is 4.46. The maximum atomic E-state index is 11.5. The third kappa shape index (κ3) is 3.20. The standard InChI is InChI=1S/C12H12N2O6S2/c13-7-1-3-11(21(15,16)17)9(5-7)10-6-8(14)2-4-12(10)22(18,19)20/h1-6H,13-14H2,(H,15,16,17)(H,18,19,20). The predicted octanol–water partition coefficient (Wildman–Crippen LogP) is 1.01. The van der Waals surface area contributed by atoms with Gasteiger partial charge < -0.3 is 11.5 Å². The maximum Gasteiger partial charge on any atom is 0.295 e. The van der Waals surface area contributed by atoms with Crippen molar-refractivity contribution in [3.63, 3.8) is 0 Å². The van der Waals surface area contributed by atoms with Crippen LogP contribution in [0.1, 0.15) is 0 Å². The number of nitrogens with two attached hydrogens (primary N) is 2. The van der Waals surface area contributed by atoms with Crippen LogP contribution in [0, 0.1) is 0 Å². The molecule has 0 unspecified atom stereocenters. The Balaban J connectivity index is 2.94. The van der Waals surface area contributed by atoms with E-state index < -0.39 is 30.0 Å². The molecule has 0 heterocycles. The predicted molar refractivity (Wildman–Crippen MR) is 80.3 cm³/mol. The van der Waals surface area contributed by atoms with Gasteiger partial charge in [-0.2, -0.15) is 16.8 Å². The zero-order chi connectivity index (χ0) is 16.7. The Morgan fingerprint density at radius 1 is 0.682 bits per heavy atom. The highest BCUT2D eigenvalue weighted by Gasteiger charge is 2.23. The fourth-order valence-corrected chi connectivity index (χ4v) is 3.34. The summed E-state index contributed by atoms with van der Waals surface area (Å²) in [5, 5.41) is 0. The maximum absolute atomic E-state index is 11.5. The van der Waals surface area contributed by atoms with Crippen molar-refractivity contribution in [3.8, 4) is 11.1 Å². The Morgan fingerprint density at radius 2 is 1.00 bits per heavy atom. The lowest BCUT2D eigenvalue weighted by atomic mass is 10.0. The minimum atomic E-state index is -4.65. The molecule has 2 aromatic rings. The van der Waals surface area contributed by atoms with Crippen molar-refractivity contribution < 1.29 is 25.9 Å². The van der Waals surface area contributed by atoms with Crippen molar-refractivity contribution in [1.29, 1.82) is 0 Å². The molecule has 118 valence electrons. The SMILES string of the molecule is Nc1ccc(S(=O)(=O)O)c(-c2cc(N)ccc2S(=O)(=O)O)c1. The van der Waals surface area contributed by atoms with Crippen LogP contribution in [0.4, 0.5) is 11.4 Å². The molecular weight excluding hydrogens is 332 g/mol. The van der Waals surface area contributed by atoms with Crippen molar-refractivity contribution in [2.75, 3.05) is 11.5 Å². The molecule has 0 aliphatic carbocycles. The number of nitrogen functional groups attached to an aromatic ring is 2. The Kier molecular flexibility index (Phi) is 3.87. The lowest BCUT2D eigenvalue weighted by molar-refractivity contribution is 0.480. The summed E-state index contributed by atoms with van der Waals surface area (Å²) in [5.41, 5.74) is 11.0. The molecule has 0 aliphatic heterocycles. The molecule has 0 fully saturated rings. The van der Waals surface area contributed by atoms with E-state index in [2.05, 4.69) is 0 Å². The summed E-state index contributed by atoms with van der Waals surface area (Å²) < 4.78 is 64.4. The van der Waals surface area contributed by atoms with Gasteiger partial charge in [-0.15, -0.1) is 0 Å². The van der Waals surface area contributed by atoms with E-state index in [-0.39, 0.29) is 22.5 Å². The molecule has 2 aromatic carbocycles. The molecule has 0 saturated heterocycles. The highest BCUT2D eigenvalue weighted by molar-refractivity contribution is 7.86. The topological polar surface area (TPSA) is 161 Å². The molecule has 0 aromatic heterocycles. The normalized spacial score (nSPS) is 12.3. The van der Waals surface area contributed by atoms with Crippen molar-refractivity contribution in [2.24, 2.45) is 0 Å². The molecule has 0 spiro atoms. The average molecular weight is 344 g/mol. The van der Waals surface area contributed by atoms with Gasteiger partial charge in [-0.25, -0.2) is 0 Å². The molecular formula is C12H12N2O6S2. The van der Waals surface area contributed by atoms with Gasteiger partial charge >= 0.3 is 0 Å². The molecule has 0 radical (unpaired) electrons. The fraction of sp³-hybridized carbons (Fsp3) is 0.